The first kappa shape index (κ1) is 18.1. The van der Waals surface area contributed by atoms with E-state index in [4.69, 9.17) is 4.74 Å². The zero-order valence-corrected chi connectivity index (χ0v) is 13.5. The third kappa shape index (κ3) is 6.67. The van der Waals surface area contributed by atoms with E-state index in [1.54, 1.807) is 13.2 Å². The Kier molecular flexibility index (Phi) is 8.14. The third-order valence-electron chi connectivity index (χ3n) is 3.07. The molecule has 6 nitrogen and oxygen atoms in total. The van der Waals surface area contributed by atoms with E-state index < -0.39 is 0 Å². The van der Waals surface area contributed by atoms with Crippen LogP contribution in [0, 0.1) is 5.92 Å². The van der Waals surface area contributed by atoms with Crippen LogP contribution >= 0.6 is 0 Å². The van der Waals surface area contributed by atoms with Crippen LogP contribution < -0.4 is 10.6 Å². The fraction of sp³-hybridized carbons (Fsp3) is 0.562. The standard InChI is InChI=1S/C16H25N3O3/c1-12(2)5-8-19-15(20)13-6-9-17-14(11-13)16(21)18-7-4-10-22-3/h6,9,11-12H,4-5,7-8,10H2,1-3H3,(H,18,21)(H,19,20). The molecule has 122 valence electrons. The van der Waals surface area contributed by atoms with Crippen LogP contribution in [0.25, 0.3) is 0 Å². The number of amides is 2. The Morgan fingerprint density at radius 1 is 1.23 bits per heavy atom. The predicted octanol–water partition coefficient (Wildman–Crippen LogP) is 1.62. The molecule has 2 amide bonds. The number of carbonyl (C=O) groups is 2. The van der Waals surface area contributed by atoms with Crippen molar-refractivity contribution in [3.05, 3.63) is 29.6 Å². The van der Waals surface area contributed by atoms with Gasteiger partial charge in [-0.2, -0.15) is 0 Å². The van der Waals surface area contributed by atoms with Gasteiger partial charge in [0, 0.05) is 38.6 Å². The number of pyridine rings is 1. The van der Waals surface area contributed by atoms with E-state index in [2.05, 4.69) is 29.5 Å². The molecule has 0 saturated carbocycles. The lowest BCUT2D eigenvalue weighted by molar-refractivity contribution is 0.0943. The summed E-state index contributed by atoms with van der Waals surface area (Å²) >= 11 is 0. The predicted molar refractivity (Wildman–Crippen MR) is 84.9 cm³/mol. The maximum absolute atomic E-state index is 12.0. The Hall–Kier alpha value is -1.95. The van der Waals surface area contributed by atoms with Crippen molar-refractivity contribution in [2.75, 3.05) is 26.8 Å². The molecule has 0 unspecified atom stereocenters. The van der Waals surface area contributed by atoms with E-state index in [-0.39, 0.29) is 17.5 Å². The summed E-state index contributed by atoms with van der Waals surface area (Å²) in [7, 11) is 1.62. The minimum Gasteiger partial charge on any atom is -0.385 e. The maximum Gasteiger partial charge on any atom is 0.269 e. The highest BCUT2D eigenvalue weighted by Crippen LogP contribution is 2.03. The zero-order chi connectivity index (χ0) is 16.4. The Bertz CT molecular complexity index is 489. The Morgan fingerprint density at radius 2 is 1.95 bits per heavy atom. The molecular weight excluding hydrogens is 282 g/mol. The number of nitrogens with one attached hydrogen (secondary N) is 2. The molecule has 6 heteroatoms. The number of methoxy groups -OCH3 is 1. The van der Waals surface area contributed by atoms with Crippen molar-refractivity contribution in [1.29, 1.82) is 0 Å². The van der Waals surface area contributed by atoms with E-state index in [9.17, 15) is 9.59 Å². The van der Waals surface area contributed by atoms with E-state index in [1.165, 1.54) is 12.3 Å². The molecule has 22 heavy (non-hydrogen) atoms. The lowest BCUT2D eigenvalue weighted by Gasteiger charge is -2.08. The molecule has 1 heterocycles. The molecule has 0 radical (unpaired) electrons. The van der Waals surface area contributed by atoms with Crippen LogP contribution in [-0.2, 0) is 4.74 Å². The number of nitrogens with zero attached hydrogens (tertiary/aromatic N) is 1. The van der Waals surface area contributed by atoms with Gasteiger partial charge in [-0.05, 0) is 30.9 Å². The third-order valence-corrected chi connectivity index (χ3v) is 3.07. The van der Waals surface area contributed by atoms with Crippen LogP contribution in [-0.4, -0.2) is 43.6 Å². The van der Waals surface area contributed by atoms with Gasteiger partial charge in [-0.25, -0.2) is 0 Å². The number of hydrogen-bond acceptors (Lipinski definition) is 4. The molecular formula is C16H25N3O3. The van der Waals surface area contributed by atoms with Gasteiger partial charge in [0.1, 0.15) is 5.69 Å². The summed E-state index contributed by atoms with van der Waals surface area (Å²) in [4.78, 5) is 28.0. The number of carbonyl (C=O) groups excluding carboxylic acids is 2. The number of aromatic nitrogens is 1. The van der Waals surface area contributed by atoms with Gasteiger partial charge in [0.25, 0.3) is 11.8 Å². The van der Waals surface area contributed by atoms with Crippen molar-refractivity contribution in [3.8, 4) is 0 Å². The van der Waals surface area contributed by atoms with Crippen LogP contribution in [0.3, 0.4) is 0 Å². The summed E-state index contributed by atoms with van der Waals surface area (Å²) in [5.74, 6) is 0.0654. The van der Waals surface area contributed by atoms with Gasteiger partial charge >= 0.3 is 0 Å². The van der Waals surface area contributed by atoms with E-state index >= 15 is 0 Å². The first-order chi connectivity index (χ1) is 10.5. The molecule has 0 aliphatic carbocycles. The largest absolute Gasteiger partial charge is 0.385 e. The second-order valence-corrected chi connectivity index (χ2v) is 5.47. The summed E-state index contributed by atoms with van der Waals surface area (Å²) in [6, 6.07) is 3.11. The van der Waals surface area contributed by atoms with Crippen molar-refractivity contribution in [1.82, 2.24) is 15.6 Å². The minimum absolute atomic E-state index is 0.184. The van der Waals surface area contributed by atoms with E-state index in [0.717, 1.165) is 12.8 Å². The van der Waals surface area contributed by atoms with Gasteiger partial charge in [-0.1, -0.05) is 13.8 Å². The van der Waals surface area contributed by atoms with Crippen LogP contribution in [0.4, 0.5) is 0 Å². The molecule has 0 aromatic carbocycles. The highest BCUT2D eigenvalue weighted by Gasteiger charge is 2.11. The molecule has 1 aromatic heterocycles. The van der Waals surface area contributed by atoms with Crippen molar-refractivity contribution >= 4 is 11.8 Å². The molecule has 0 aliphatic rings. The first-order valence-corrected chi connectivity index (χ1v) is 7.56. The molecule has 1 rings (SSSR count). The van der Waals surface area contributed by atoms with Crippen LogP contribution in [0.1, 0.15) is 47.5 Å². The quantitative estimate of drug-likeness (QED) is 0.679. The number of rotatable bonds is 9. The summed E-state index contributed by atoms with van der Waals surface area (Å²) < 4.78 is 4.91. The number of ether oxygens (including phenoxy) is 1. The molecule has 1 aromatic rings. The molecule has 0 atom stereocenters. The molecule has 2 N–H and O–H groups in total. The van der Waals surface area contributed by atoms with Crippen LogP contribution in [0.2, 0.25) is 0 Å². The fourth-order valence-corrected chi connectivity index (χ4v) is 1.78. The second kappa shape index (κ2) is 9.89. The van der Waals surface area contributed by atoms with E-state index in [0.29, 0.717) is 31.2 Å². The van der Waals surface area contributed by atoms with Gasteiger partial charge in [-0.3, -0.25) is 14.6 Å². The molecule has 0 aliphatic heterocycles. The van der Waals surface area contributed by atoms with E-state index in [1.807, 2.05) is 0 Å². The Balaban J connectivity index is 2.53. The van der Waals surface area contributed by atoms with Gasteiger partial charge in [0.05, 0.1) is 0 Å². The highest BCUT2D eigenvalue weighted by atomic mass is 16.5. The fourth-order valence-electron chi connectivity index (χ4n) is 1.78. The summed E-state index contributed by atoms with van der Waals surface area (Å²) in [5.41, 5.74) is 0.690. The second-order valence-electron chi connectivity index (χ2n) is 5.47. The smallest absolute Gasteiger partial charge is 0.269 e. The number of hydrogen-bond donors (Lipinski definition) is 2. The van der Waals surface area contributed by atoms with Crippen LogP contribution in [0.15, 0.2) is 18.3 Å². The van der Waals surface area contributed by atoms with Gasteiger partial charge in [-0.15, -0.1) is 0 Å². The average molecular weight is 307 g/mol. The molecule has 0 spiro atoms. The molecule has 0 saturated heterocycles. The Labute approximate surface area is 131 Å². The SMILES string of the molecule is COCCCNC(=O)c1cc(C(=O)NCCC(C)C)ccn1. The monoisotopic (exact) mass is 307 g/mol. The normalized spacial score (nSPS) is 10.5. The minimum atomic E-state index is -0.284. The van der Waals surface area contributed by atoms with Gasteiger partial charge < -0.3 is 15.4 Å². The van der Waals surface area contributed by atoms with Gasteiger partial charge in [0.15, 0.2) is 0 Å². The zero-order valence-electron chi connectivity index (χ0n) is 13.5. The van der Waals surface area contributed by atoms with Crippen molar-refractivity contribution in [2.24, 2.45) is 5.92 Å². The van der Waals surface area contributed by atoms with Crippen molar-refractivity contribution < 1.29 is 14.3 Å². The Morgan fingerprint density at radius 3 is 2.64 bits per heavy atom. The van der Waals surface area contributed by atoms with Gasteiger partial charge in [0.2, 0.25) is 0 Å². The van der Waals surface area contributed by atoms with Crippen molar-refractivity contribution in [3.63, 3.8) is 0 Å². The first-order valence-electron chi connectivity index (χ1n) is 7.56. The summed E-state index contributed by atoms with van der Waals surface area (Å²) in [6.07, 6.45) is 3.13. The van der Waals surface area contributed by atoms with Crippen LogP contribution in [0.5, 0.6) is 0 Å². The average Bonchev–Trinajstić information content (AvgIpc) is 2.51. The summed E-state index contributed by atoms with van der Waals surface area (Å²) in [6.45, 7) is 5.93. The lowest BCUT2D eigenvalue weighted by Crippen LogP contribution is -2.28. The topological polar surface area (TPSA) is 80.3 Å². The maximum atomic E-state index is 12.0. The highest BCUT2D eigenvalue weighted by molar-refractivity contribution is 5.98. The molecule has 0 fully saturated rings. The molecule has 0 bridgehead atoms. The lowest BCUT2D eigenvalue weighted by atomic mass is 10.1. The van der Waals surface area contributed by atoms with Crippen molar-refractivity contribution in [2.45, 2.75) is 26.7 Å². The summed E-state index contributed by atoms with van der Waals surface area (Å²) in [5, 5.41) is 5.59.